The lowest BCUT2D eigenvalue weighted by Gasteiger charge is -2.04. The van der Waals surface area contributed by atoms with Gasteiger partial charge in [0.25, 0.3) is 0 Å². The standard InChI is InChI=1S/C20H12ClN3/c21-15-10-8-13-6-7-14-9-11-18-20(19(14)17(13)12-15)23-24(22-18)16-4-2-1-3-5-16/h1-12H. The zero-order valence-corrected chi connectivity index (χ0v) is 13.4. The van der Waals surface area contributed by atoms with Crippen LogP contribution in [0.3, 0.4) is 0 Å². The zero-order valence-electron chi connectivity index (χ0n) is 12.6. The zero-order chi connectivity index (χ0) is 16.1. The Balaban J connectivity index is 1.92. The van der Waals surface area contributed by atoms with Gasteiger partial charge in [0.15, 0.2) is 0 Å². The second kappa shape index (κ2) is 5.05. The van der Waals surface area contributed by atoms with Crippen LogP contribution in [0.25, 0.3) is 38.3 Å². The molecule has 5 rings (SSSR count). The van der Waals surface area contributed by atoms with Crippen LogP contribution in [0.1, 0.15) is 0 Å². The monoisotopic (exact) mass is 329 g/mol. The molecule has 0 fully saturated rings. The van der Waals surface area contributed by atoms with Gasteiger partial charge in [0.1, 0.15) is 11.0 Å². The van der Waals surface area contributed by atoms with Crippen molar-refractivity contribution >= 4 is 44.2 Å². The number of halogens is 1. The fourth-order valence-corrected chi connectivity index (χ4v) is 3.34. The summed E-state index contributed by atoms with van der Waals surface area (Å²) in [6.07, 6.45) is 0. The maximum atomic E-state index is 6.23. The van der Waals surface area contributed by atoms with Crippen LogP contribution in [0.4, 0.5) is 0 Å². The first-order valence-electron chi connectivity index (χ1n) is 7.73. The lowest BCUT2D eigenvalue weighted by molar-refractivity contribution is 0.766. The molecule has 0 saturated carbocycles. The van der Waals surface area contributed by atoms with E-state index >= 15 is 0 Å². The molecule has 24 heavy (non-hydrogen) atoms. The van der Waals surface area contributed by atoms with Crippen molar-refractivity contribution < 1.29 is 0 Å². The molecule has 4 heteroatoms. The molecule has 0 aliphatic carbocycles. The Kier molecular flexibility index (Phi) is 2.84. The number of hydrogen-bond donors (Lipinski definition) is 0. The van der Waals surface area contributed by atoms with E-state index in [1.165, 1.54) is 0 Å². The number of hydrogen-bond acceptors (Lipinski definition) is 2. The van der Waals surface area contributed by atoms with Crippen molar-refractivity contribution in [2.45, 2.75) is 0 Å². The molecule has 3 nitrogen and oxygen atoms in total. The second-order valence-corrected chi connectivity index (χ2v) is 6.22. The highest BCUT2D eigenvalue weighted by atomic mass is 35.5. The van der Waals surface area contributed by atoms with Gasteiger partial charge in [-0.1, -0.05) is 54.1 Å². The molecule has 0 bridgehead atoms. The topological polar surface area (TPSA) is 30.7 Å². The summed E-state index contributed by atoms with van der Waals surface area (Å²) in [5.74, 6) is 0. The van der Waals surface area contributed by atoms with Crippen molar-refractivity contribution in [3.05, 3.63) is 77.8 Å². The normalized spacial score (nSPS) is 11.5. The van der Waals surface area contributed by atoms with E-state index in [4.69, 9.17) is 16.7 Å². The van der Waals surface area contributed by atoms with Gasteiger partial charge < -0.3 is 0 Å². The van der Waals surface area contributed by atoms with E-state index in [1.54, 1.807) is 4.80 Å². The molecule has 1 heterocycles. The summed E-state index contributed by atoms with van der Waals surface area (Å²) < 4.78 is 0. The van der Waals surface area contributed by atoms with E-state index in [1.807, 2.05) is 54.6 Å². The molecule has 0 aliphatic heterocycles. The molecule has 4 aromatic carbocycles. The Hall–Kier alpha value is -2.91. The summed E-state index contributed by atoms with van der Waals surface area (Å²) in [6, 6.07) is 24.2. The summed E-state index contributed by atoms with van der Waals surface area (Å²) in [5, 5.41) is 14.6. The van der Waals surface area contributed by atoms with Crippen molar-refractivity contribution in [3.63, 3.8) is 0 Å². The molecule has 0 atom stereocenters. The highest BCUT2D eigenvalue weighted by molar-refractivity contribution is 6.32. The molecular formula is C20H12ClN3. The number of fused-ring (bicyclic) bond motifs is 5. The van der Waals surface area contributed by atoms with Gasteiger partial charge in [0.2, 0.25) is 0 Å². The third kappa shape index (κ3) is 1.99. The lowest BCUT2D eigenvalue weighted by Crippen LogP contribution is -1.97. The van der Waals surface area contributed by atoms with Crippen LogP contribution in [-0.4, -0.2) is 15.0 Å². The average Bonchev–Trinajstić information content (AvgIpc) is 3.06. The van der Waals surface area contributed by atoms with Crippen LogP contribution in [0, 0.1) is 0 Å². The van der Waals surface area contributed by atoms with Gasteiger partial charge >= 0.3 is 0 Å². The molecule has 0 saturated heterocycles. The minimum atomic E-state index is 0.724. The molecular weight excluding hydrogens is 318 g/mol. The lowest BCUT2D eigenvalue weighted by atomic mass is 10.0. The number of nitrogens with zero attached hydrogens (tertiary/aromatic N) is 3. The third-order valence-electron chi connectivity index (χ3n) is 4.30. The second-order valence-electron chi connectivity index (χ2n) is 5.79. The first kappa shape index (κ1) is 13.5. The summed E-state index contributed by atoms with van der Waals surface area (Å²) in [7, 11) is 0. The smallest absolute Gasteiger partial charge is 0.122 e. The van der Waals surface area contributed by atoms with Gasteiger partial charge in [-0.3, -0.25) is 0 Å². The molecule has 5 aromatic rings. The van der Waals surface area contributed by atoms with E-state index in [0.29, 0.717) is 0 Å². The molecule has 1 aromatic heterocycles. The Morgan fingerprint density at radius 2 is 1.50 bits per heavy atom. The van der Waals surface area contributed by atoms with E-state index in [2.05, 4.69) is 23.3 Å². The third-order valence-corrected chi connectivity index (χ3v) is 4.54. The van der Waals surface area contributed by atoms with E-state index in [-0.39, 0.29) is 0 Å². The van der Waals surface area contributed by atoms with Crippen LogP contribution < -0.4 is 0 Å². The Morgan fingerprint density at radius 3 is 2.38 bits per heavy atom. The predicted octanol–water partition coefficient (Wildman–Crippen LogP) is 5.38. The number of para-hydroxylation sites is 1. The van der Waals surface area contributed by atoms with E-state index < -0.39 is 0 Å². The fraction of sp³-hybridized carbons (Fsp3) is 0. The summed E-state index contributed by atoms with van der Waals surface area (Å²) >= 11 is 6.23. The number of benzene rings is 4. The van der Waals surface area contributed by atoms with Crippen LogP contribution in [0.15, 0.2) is 72.8 Å². The van der Waals surface area contributed by atoms with Gasteiger partial charge in [0, 0.05) is 10.4 Å². The van der Waals surface area contributed by atoms with Gasteiger partial charge in [0.05, 0.1) is 5.69 Å². The average molecular weight is 330 g/mol. The Labute approximate surface area is 143 Å². The molecule has 0 aliphatic rings. The van der Waals surface area contributed by atoms with Crippen molar-refractivity contribution in [3.8, 4) is 5.69 Å². The molecule has 0 spiro atoms. The SMILES string of the molecule is Clc1ccc2ccc3ccc4nn(-c5ccccc5)nc4c3c2c1. The highest BCUT2D eigenvalue weighted by Crippen LogP contribution is 2.32. The van der Waals surface area contributed by atoms with Crippen LogP contribution >= 0.6 is 11.6 Å². The molecule has 0 unspecified atom stereocenters. The minimum Gasteiger partial charge on any atom is -0.150 e. The van der Waals surface area contributed by atoms with Crippen molar-refractivity contribution in [2.24, 2.45) is 0 Å². The molecule has 0 radical (unpaired) electrons. The van der Waals surface area contributed by atoms with Gasteiger partial charge in [-0.2, -0.15) is 4.80 Å². The summed E-state index contributed by atoms with van der Waals surface area (Å²) in [5.41, 5.74) is 2.71. The largest absolute Gasteiger partial charge is 0.150 e. The first-order chi connectivity index (χ1) is 11.8. The minimum absolute atomic E-state index is 0.724. The Morgan fingerprint density at radius 1 is 0.750 bits per heavy atom. The quantitative estimate of drug-likeness (QED) is 0.386. The molecule has 0 N–H and O–H groups in total. The molecule has 0 amide bonds. The maximum Gasteiger partial charge on any atom is 0.122 e. The van der Waals surface area contributed by atoms with Gasteiger partial charge in [-0.25, -0.2) is 0 Å². The predicted molar refractivity (Wildman–Crippen MR) is 98.9 cm³/mol. The van der Waals surface area contributed by atoms with Crippen LogP contribution in [-0.2, 0) is 0 Å². The highest BCUT2D eigenvalue weighted by Gasteiger charge is 2.11. The van der Waals surface area contributed by atoms with E-state index in [9.17, 15) is 0 Å². The van der Waals surface area contributed by atoms with Gasteiger partial charge in [-0.05, 0) is 46.5 Å². The van der Waals surface area contributed by atoms with Crippen molar-refractivity contribution in [1.29, 1.82) is 0 Å². The summed E-state index contributed by atoms with van der Waals surface area (Å²) in [6.45, 7) is 0. The van der Waals surface area contributed by atoms with Crippen LogP contribution in [0.5, 0.6) is 0 Å². The van der Waals surface area contributed by atoms with Crippen molar-refractivity contribution in [2.75, 3.05) is 0 Å². The number of aromatic nitrogens is 3. The molecule has 114 valence electrons. The van der Waals surface area contributed by atoms with Crippen molar-refractivity contribution in [1.82, 2.24) is 15.0 Å². The Bertz CT molecular complexity index is 1210. The fourth-order valence-electron chi connectivity index (χ4n) is 3.17. The maximum absolute atomic E-state index is 6.23. The summed E-state index contributed by atoms with van der Waals surface area (Å²) in [4.78, 5) is 1.69. The number of rotatable bonds is 1. The van der Waals surface area contributed by atoms with Gasteiger partial charge in [-0.15, -0.1) is 10.2 Å². The van der Waals surface area contributed by atoms with Crippen LogP contribution in [0.2, 0.25) is 5.02 Å². The van der Waals surface area contributed by atoms with E-state index in [0.717, 1.165) is 43.3 Å². The first-order valence-corrected chi connectivity index (χ1v) is 8.11.